The molecule has 0 unspecified atom stereocenters. The third-order valence-electron chi connectivity index (χ3n) is 2.46. The van der Waals surface area contributed by atoms with Gasteiger partial charge in [-0.2, -0.15) is 17.4 Å². The zero-order valence-corrected chi connectivity index (χ0v) is 12.7. The van der Waals surface area contributed by atoms with Gasteiger partial charge in [0.2, 0.25) is 0 Å². The van der Waals surface area contributed by atoms with Crippen molar-refractivity contribution in [2.45, 2.75) is 13.0 Å². The van der Waals surface area contributed by atoms with Crippen molar-refractivity contribution in [1.82, 2.24) is 9.03 Å². The van der Waals surface area contributed by atoms with Gasteiger partial charge in [-0.25, -0.2) is 0 Å². The van der Waals surface area contributed by atoms with Crippen LogP contribution in [0.1, 0.15) is 12.0 Å². The number of benzene rings is 1. The van der Waals surface area contributed by atoms with Gasteiger partial charge in [-0.1, -0.05) is 28.1 Å². The Morgan fingerprint density at radius 2 is 1.94 bits per heavy atom. The Kier molecular flexibility index (Phi) is 6.24. The van der Waals surface area contributed by atoms with Crippen molar-refractivity contribution >= 4 is 26.1 Å². The van der Waals surface area contributed by atoms with Crippen LogP contribution in [0.3, 0.4) is 0 Å². The minimum absolute atomic E-state index is 0.280. The standard InChI is InChI=1S/C11H18BrN3O2S/c1-15(8-2-7-13)18(16,17)14-9-10-3-5-11(12)6-4-10/h3-6,14H,2,7-9,13H2,1H3. The van der Waals surface area contributed by atoms with Gasteiger partial charge in [0.1, 0.15) is 0 Å². The van der Waals surface area contributed by atoms with Gasteiger partial charge in [0.25, 0.3) is 10.2 Å². The fourth-order valence-electron chi connectivity index (χ4n) is 1.32. The molecule has 7 heteroatoms. The fourth-order valence-corrected chi connectivity index (χ4v) is 2.52. The molecule has 0 spiro atoms. The molecule has 1 rings (SSSR count). The van der Waals surface area contributed by atoms with Gasteiger partial charge in [-0.3, -0.25) is 0 Å². The molecule has 0 aliphatic rings. The largest absolute Gasteiger partial charge is 0.330 e. The highest BCUT2D eigenvalue weighted by Gasteiger charge is 2.15. The van der Waals surface area contributed by atoms with Crippen LogP contribution in [0, 0.1) is 0 Å². The molecule has 0 atom stereocenters. The van der Waals surface area contributed by atoms with Crippen molar-refractivity contribution in [3.63, 3.8) is 0 Å². The average Bonchev–Trinajstić information content (AvgIpc) is 2.35. The highest BCUT2D eigenvalue weighted by atomic mass is 79.9. The molecule has 102 valence electrons. The normalized spacial score (nSPS) is 12.0. The number of nitrogens with zero attached hydrogens (tertiary/aromatic N) is 1. The second-order valence-electron chi connectivity index (χ2n) is 3.92. The molecule has 0 saturated heterocycles. The van der Waals surface area contributed by atoms with E-state index in [0.717, 1.165) is 10.0 Å². The van der Waals surface area contributed by atoms with Gasteiger partial charge in [0.05, 0.1) is 0 Å². The molecule has 0 saturated carbocycles. The molecule has 18 heavy (non-hydrogen) atoms. The first-order chi connectivity index (χ1) is 8.45. The van der Waals surface area contributed by atoms with Gasteiger partial charge < -0.3 is 5.73 Å². The lowest BCUT2D eigenvalue weighted by Crippen LogP contribution is -2.38. The summed E-state index contributed by atoms with van der Waals surface area (Å²) in [6.45, 7) is 1.18. The first kappa shape index (κ1) is 15.6. The minimum Gasteiger partial charge on any atom is -0.330 e. The van der Waals surface area contributed by atoms with Crippen molar-refractivity contribution in [3.8, 4) is 0 Å². The monoisotopic (exact) mass is 335 g/mol. The van der Waals surface area contributed by atoms with Crippen LogP contribution in [-0.2, 0) is 16.8 Å². The molecule has 0 aromatic heterocycles. The molecule has 0 heterocycles. The molecule has 0 aliphatic heterocycles. The molecule has 5 nitrogen and oxygen atoms in total. The molecular weight excluding hydrogens is 318 g/mol. The fraction of sp³-hybridized carbons (Fsp3) is 0.455. The van der Waals surface area contributed by atoms with Crippen LogP contribution in [0.2, 0.25) is 0 Å². The number of nitrogens with two attached hydrogens (primary N) is 1. The first-order valence-corrected chi connectivity index (χ1v) is 7.84. The van der Waals surface area contributed by atoms with E-state index in [9.17, 15) is 8.42 Å². The average molecular weight is 336 g/mol. The maximum atomic E-state index is 11.8. The van der Waals surface area contributed by atoms with Crippen LogP contribution >= 0.6 is 15.9 Å². The van der Waals surface area contributed by atoms with Gasteiger partial charge in [-0.15, -0.1) is 0 Å². The van der Waals surface area contributed by atoms with Crippen molar-refractivity contribution in [3.05, 3.63) is 34.3 Å². The summed E-state index contributed by atoms with van der Waals surface area (Å²) in [5.41, 5.74) is 6.26. The van der Waals surface area contributed by atoms with Crippen molar-refractivity contribution in [2.24, 2.45) is 5.73 Å². The van der Waals surface area contributed by atoms with Crippen molar-refractivity contribution < 1.29 is 8.42 Å². The topological polar surface area (TPSA) is 75.4 Å². The van der Waals surface area contributed by atoms with E-state index < -0.39 is 10.2 Å². The second-order valence-corrected chi connectivity index (χ2v) is 6.69. The third-order valence-corrected chi connectivity index (χ3v) is 4.50. The summed E-state index contributed by atoms with van der Waals surface area (Å²) in [5, 5.41) is 0. The first-order valence-electron chi connectivity index (χ1n) is 5.61. The summed E-state index contributed by atoms with van der Waals surface area (Å²) >= 11 is 3.33. The van der Waals surface area contributed by atoms with Gasteiger partial charge >= 0.3 is 0 Å². The summed E-state index contributed by atoms with van der Waals surface area (Å²) in [7, 11) is -1.88. The van der Waals surface area contributed by atoms with E-state index in [0.29, 0.717) is 19.5 Å². The SMILES string of the molecule is CN(CCCN)S(=O)(=O)NCc1ccc(Br)cc1. The van der Waals surface area contributed by atoms with E-state index >= 15 is 0 Å². The second kappa shape index (κ2) is 7.20. The molecule has 0 aliphatic carbocycles. The maximum Gasteiger partial charge on any atom is 0.279 e. The van der Waals surface area contributed by atoms with Crippen LogP contribution in [0.5, 0.6) is 0 Å². The zero-order chi connectivity index (χ0) is 13.6. The quantitative estimate of drug-likeness (QED) is 0.782. The summed E-state index contributed by atoms with van der Waals surface area (Å²) in [4.78, 5) is 0. The minimum atomic E-state index is -3.42. The van der Waals surface area contributed by atoms with Crippen LogP contribution in [0.4, 0.5) is 0 Å². The zero-order valence-electron chi connectivity index (χ0n) is 10.3. The molecule has 1 aromatic rings. The number of hydrogen-bond donors (Lipinski definition) is 2. The summed E-state index contributed by atoms with van der Waals surface area (Å²) in [5.74, 6) is 0. The van der Waals surface area contributed by atoms with E-state index in [1.807, 2.05) is 24.3 Å². The van der Waals surface area contributed by atoms with Crippen molar-refractivity contribution in [1.29, 1.82) is 0 Å². The smallest absolute Gasteiger partial charge is 0.279 e. The molecule has 0 amide bonds. The van der Waals surface area contributed by atoms with E-state index in [1.54, 1.807) is 7.05 Å². The summed E-state index contributed by atoms with van der Waals surface area (Å²) < 4.78 is 28.5. The summed E-state index contributed by atoms with van der Waals surface area (Å²) in [6, 6.07) is 7.49. The molecule has 3 N–H and O–H groups in total. The Labute approximate surface area is 117 Å². The Balaban J connectivity index is 2.53. The highest BCUT2D eigenvalue weighted by molar-refractivity contribution is 9.10. The lowest BCUT2D eigenvalue weighted by molar-refractivity contribution is 0.452. The van der Waals surface area contributed by atoms with Gasteiger partial charge in [0.15, 0.2) is 0 Å². The number of halogens is 1. The van der Waals surface area contributed by atoms with Gasteiger partial charge in [0, 0.05) is 24.6 Å². The van der Waals surface area contributed by atoms with Crippen LogP contribution in [0.15, 0.2) is 28.7 Å². The van der Waals surface area contributed by atoms with E-state index in [2.05, 4.69) is 20.7 Å². The van der Waals surface area contributed by atoms with Crippen molar-refractivity contribution in [2.75, 3.05) is 20.1 Å². The van der Waals surface area contributed by atoms with Crippen LogP contribution in [-0.4, -0.2) is 32.9 Å². The molecule has 0 radical (unpaired) electrons. The third kappa shape index (κ3) is 5.03. The lowest BCUT2D eigenvalue weighted by Gasteiger charge is -2.17. The van der Waals surface area contributed by atoms with Gasteiger partial charge in [-0.05, 0) is 30.7 Å². The van der Waals surface area contributed by atoms with E-state index in [-0.39, 0.29) is 6.54 Å². The lowest BCUT2D eigenvalue weighted by atomic mass is 10.2. The molecule has 0 bridgehead atoms. The maximum absolute atomic E-state index is 11.8. The molecule has 1 aromatic carbocycles. The Morgan fingerprint density at radius 3 is 2.50 bits per heavy atom. The highest BCUT2D eigenvalue weighted by Crippen LogP contribution is 2.10. The predicted molar refractivity (Wildman–Crippen MR) is 76.2 cm³/mol. The number of hydrogen-bond acceptors (Lipinski definition) is 3. The van der Waals surface area contributed by atoms with E-state index in [4.69, 9.17) is 5.73 Å². The summed E-state index contributed by atoms with van der Waals surface area (Å²) in [6.07, 6.45) is 0.649. The molecule has 0 fully saturated rings. The Bertz CT molecular complexity index is 462. The molecular formula is C11H18BrN3O2S. The van der Waals surface area contributed by atoms with E-state index in [1.165, 1.54) is 4.31 Å². The number of rotatable bonds is 7. The Hall–Kier alpha value is -0.470. The van der Waals surface area contributed by atoms with Crippen LogP contribution in [0.25, 0.3) is 0 Å². The Morgan fingerprint density at radius 1 is 1.33 bits per heavy atom. The predicted octanol–water partition coefficient (Wildman–Crippen LogP) is 1.06. The van der Waals surface area contributed by atoms with Crippen LogP contribution < -0.4 is 10.5 Å². The number of nitrogens with one attached hydrogen (secondary N) is 1.